The fraction of sp³-hybridized carbons (Fsp3) is 0.667. The standard InChI is InChI=1S/C9H15N3O/c1-9(2,10)8-6-5-13-4-3-7(6)11-12-8/h3-5,10H2,1-2H3,(H,11,12). The van der Waals surface area contributed by atoms with Gasteiger partial charge in [-0.25, -0.2) is 0 Å². The van der Waals surface area contributed by atoms with Crippen LogP contribution in [0.2, 0.25) is 0 Å². The lowest BCUT2D eigenvalue weighted by atomic mass is 9.96. The summed E-state index contributed by atoms with van der Waals surface area (Å²) in [6, 6.07) is 0. The van der Waals surface area contributed by atoms with Gasteiger partial charge in [0.2, 0.25) is 0 Å². The number of nitrogens with two attached hydrogens (primary N) is 1. The zero-order chi connectivity index (χ0) is 9.47. The van der Waals surface area contributed by atoms with E-state index in [1.54, 1.807) is 0 Å². The van der Waals surface area contributed by atoms with Gasteiger partial charge in [-0.15, -0.1) is 0 Å². The summed E-state index contributed by atoms with van der Waals surface area (Å²) < 4.78 is 5.37. The highest BCUT2D eigenvalue weighted by atomic mass is 16.5. The van der Waals surface area contributed by atoms with Crippen molar-refractivity contribution in [2.24, 2.45) is 5.73 Å². The number of rotatable bonds is 1. The Kier molecular flexibility index (Phi) is 1.89. The van der Waals surface area contributed by atoms with Gasteiger partial charge in [0.05, 0.1) is 24.4 Å². The summed E-state index contributed by atoms with van der Waals surface area (Å²) in [6.45, 7) is 5.33. The Bertz CT molecular complexity index is 311. The predicted molar refractivity (Wildman–Crippen MR) is 49.2 cm³/mol. The number of hydrogen-bond donors (Lipinski definition) is 2. The van der Waals surface area contributed by atoms with Gasteiger partial charge in [0.25, 0.3) is 0 Å². The van der Waals surface area contributed by atoms with Gasteiger partial charge in [-0.05, 0) is 13.8 Å². The highest BCUT2D eigenvalue weighted by Crippen LogP contribution is 2.24. The second kappa shape index (κ2) is 2.82. The fourth-order valence-corrected chi connectivity index (χ4v) is 1.64. The molecule has 0 aliphatic carbocycles. The molecule has 0 saturated carbocycles. The minimum Gasteiger partial charge on any atom is -0.376 e. The molecule has 0 radical (unpaired) electrons. The Balaban J connectivity index is 2.43. The summed E-state index contributed by atoms with van der Waals surface area (Å²) in [7, 11) is 0. The molecule has 0 spiro atoms. The Labute approximate surface area is 77.5 Å². The molecule has 1 aliphatic heterocycles. The summed E-state index contributed by atoms with van der Waals surface area (Å²) in [5.74, 6) is 0. The Morgan fingerprint density at radius 1 is 1.54 bits per heavy atom. The van der Waals surface area contributed by atoms with E-state index in [-0.39, 0.29) is 5.54 Å². The Hall–Kier alpha value is -0.870. The van der Waals surface area contributed by atoms with Crippen molar-refractivity contribution in [1.29, 1.82) is 0 Å². The van der Waals surface area contributed by atoms with Crippen molar-refractivity contribution in [3.05, 3.63) is 17.0 Å². The number of H-pyrrole nitrogens is 1. The van der Waals surface area contributed by atoms with Crippen LogP contribution in [-0.2, 0) is 23.3 Å². The zero-order valence-corrected chi connectivity index (χ0v) is 8.05. The number of hydrogen-bond acceptors (Lipinski definition) is 3. The molecule has 0 saturated heterocycles. The van der Waals surface area contributed by atoms with Gasteiger partial charge in [0.15, 0.2) is 0 Å². The van der Waals surface area contributed by atoms with Gasteiger partial charge in [-0.3, -0.25) is 5.10 Å². The van der Waals surface area contributed by atoms with Crippen molar-refractivity contribution in [1.82, 2.24) is 10.2 Å². The van der Waals surface area contributed by atoms with Crippen LogP contribution in [0.3, 0.4) is 0 Å². The number of fused-ring (bicyclic) bond motifs is 1. The fourth-order valence-electron chi connectivity index (χ4n) is 1.64. The van der Waals surface area contributed by atoms with Crippen molar-refractivity contribution in [2.75, 3.05) is 6.61 Å². The highest BCUT2D eigenvalue weighted by Gasteiger charge is 2.25. The molecule has 0 unspecified atom stereocenters. The van der Waals surface area contributed by atoms with Crippen LogP contribution < -0.4 is 5.73 Å². The van der Waals surface area contributed by atoms with Crippen LogP contribution in [0, 0.1) is 0 Å². The third-order valence-corrected chi connectivity index (χ3v) is 2.31. The van der Waals surface area contributed by atoms with Crippen LogP contribution in [0.15, 0.2) is 0 Å². The molecular weight excluding hydrogens is 166 g/mol. The Morgan fingerprint density at radius 2 is 2.31 bits per heavy atom. The minimum atomic E-state index is -0.384. The monoisotopic (exact) mass is 181 g/mol. The van der Waals surface area contributed by atoms with Gasteiger partial charge in [0.1, 0.15) is 0 Å². The van der Waals surface area contributed by atoms with Gasteiger partial charge in [-0.1, -0.05) is 0 Å². The van der Waals surface area contributed by atoms with Crippen LogP contribution in [-0.4, -0.2) is 16.8 Å². The predicted octanol–water partition coefficient (Wildman–Crippen LogP) is 0.676. The van der Waals surface area contributed by atoms with Crippen molar-refractivity contribution in [2.45, 2.75) is 32.4 Å². The molecule has 2 rings (SSSR count). The third kappa shape index (κ3) is 1.47. The Morgan fingerprint density at radius 3 is 3.00 bits per heavy atom. The lowest BCUT2D eigenvalue weighted by Gasteiger charge is -2.20. The number of aromatic nitrogens is 2. The van der Waals surface area contributed by atoms with E-state index >= 15 is 0 Å². The van der Waals surface area contributed by atoms with Crippen LogP contribution in [0.4, 0.5) is 0 Å². The molecule has 0 atom stereocenters. The van der Waals surface area contributed by atoms with E-state index in [0.717, 1.165) is 24.3 Å². The molecule has 72 valence electrons. The first kappa shape index (κ1) is 8.72. The van der Waals surface area contributed by atoms with Crippen LogP contribution in [0.5, 0.6) is 0 Å². The van der Waals surface area contributed by atoms with Crippen LogP contribution in [0.25, 0.3) is 0 Å². The summed E-state index contributed by atoms with van der Waals surface area (Å²) >= 11 is 0. The average Bonchev–Trinajstić information content (AvgIpc) is 2.45. The van der Waals surface area contributed by atoms with Gasteiger partial charge < -0.3 is 10.5 Å². The number of ether oxygens (including phenoxy) is 1. The molecule has 0 aromatic carbocycles. The van der Waals surface area contributed by atoms with Gasteiger partial charge >= 0.3 is 0 Å². The van der Waals surface area contributed by atoms with Gasteiger partial charge in [0, 0.05) is 17.7 Å². The van der Waals surface area contributed by atoms with E-state index < -0.39 is 0 Å². The maximum absolute atomic E-state index is 5.99. The summed E-state index contributed by atoms with van der Waals surface area (Å²) in [6.07, 6.45) is 0.915. The molecular formula is C9H15N3O. The molecule has 1 aliphatic rings. The first-order chi connectivity index (χ1) is 6.09. The van der Waals surface area contributed by atoms with Crippen LogP contribution in [0.1, 0.15) is 30.8 Å². The first-order valence-electron chi connectivity index (χ1n) is 4.52. The molecule has 0 amide bonds. The first-order valence-corrected chi connectivity index (χ1v) is 4.52. The van der Waals surface area contributed by atoms with E-state index in [0.29, 0.717) is 6.61 Å². The molecule has 0 bridgehead atoms. The van der Waals surface area contributed by atoms with Crippen molar-refractivity contribution in [3.8, 4) is 0 Å². The highest BCUT2D eigenvalue weighted by molar-refractivity contribution is 5.30. The summed E-state index contributed by atoms with van der Waals surface area (Å²) in [5.41, 5.74) is 8.87. The lowest BCUT2D eigenvalue weighted by Crippen LogP contribution is -2.31. The maximum atomic E-state index is 5.99. The molecule has 3 N–H and O–H groups in total. The molecule has 1 aromatic rings. The second-order valence-corrected chi connectivity index (χ2v) is 4.05. The minimum absolute atomic E-state index is 0.384. The molecule has 1 aromatic heterocycles. The molecule has 13 heavy (non-hydrogen) atoms. The van der Waals surface area contributed by atoms with E-state index in [1.165, 1.54) is 5.69 Å². The largest absolute Gasteiger partial charge is 0.376 e. The average molecular weight is 181 g/mol. The quantitative estimate of drug-likeness (QED) is 0.669. The topological polar surface area (TPSA) is 63.9 Å². The number of aromatic amines is 1. The molecule has 4 nitrogen and oxygen atoms in total. The maximum Gasteiger partial charge on any atom is 0.0873 e. The van der Waals surface area contributed by atoms with Crippen molar-refractivity contribution in [3.63, 3.8) is 0 Å². The number of nitrogens with zero attached hydrogens (tertiary/aromatic N) is 1. The van der Waals surface area contributed by atoms with E-state index in [1.807, 2.05) is 13.8 Å². The summed E-state index contributed by atoms with van der Waals surface area (Å²) in [4.78, 5) is 0. The van der Waals surface area contributed by atoms with Crippen molar-refractivity contribution < 1.29 is 4.74 Å². The second-order valence-electron chi connectivity index (χ2n) is 4.05. The molecule has 0 fully saturated rings. The van der Waals surface area contributed by atoms with Crippen molar-refractivity contribution >= 4 is 0 Å². The molecule has 2 heterocycles. The third-order valence-electron chi connectivity index (χ3n) is 2.31. The lowest BCUT2D eigenvalue weighted by molar-refractivity contribution is 0.109. The van der Waals surface area contributed by atoms with Gasteiger partial charge in [-0.2, -0.15) is 5.10 Å². The van der Waals surface area contributed by atoms with E-state index in [4.69, 9.17) is 10.5 Å². The smallest absolute Gasteiger partial charge is 0.0873 e. The van der Waals surface area contributed by atoms with Crippen LogP contribution >= 0.6 is 0 Å². The number of nitrogens with one attached hydrogen (secondary N) is 1. The molecule has 4 heteroatoms. The van der Waals surface area contributed by atoms with E-state index in [2.05, 4.69) is 10.2 Å². The normalized spacial score (nSPS) is 17.2. The SMILES string of the molecule is CC(C)(N)c1n[nH]c2c1COCC2. The summed E-state index contributed by atoms with van der Waals surface area (Å²) in [5, 5.41) is 7.26. The van der Waals surface area contributed by atoms with E-state index in [9.17, 15) is 0 Å². The zero-order valence-electron chi connectivity index (χ0n) is 8.05.